The molecule has 3 aromatic rings. The van der Waals surface area contributed by atoms with Gasteiger partial charge in [-0.1, -0.05) is 23.4 Å². The fraction of sp³-hybridized carbons (Fsp3) is 0.167. The summed E-state index contributed by atoms with van der Waals surface area (Å²) in [6.07, 6.45) is 0. The van der Waals surface area contributed by atoms with Gasteiger partial charge in [0.05, 0.1) is 5.25 Å². The topological polar surface area (TPSA) is 95.1 Å². The number of aromatic nitrogens is 3. The Kier molecular flexibility index (Phi) is 6.55. The summed E-state index contributed by atoms with van der Waals surface area (Å²) in [4.78, 5) is 12.4. The van der Waals surface area contributed by atoms with Gasteiger partial charge in [0.25, 0.3) is 0 Å². The van der Waals surface area contributed by atoms with Crippen LogP contribution >= 0.6 is 23.4 Å². The van der Waals surface area contributed by atoms with E-state index in [-0.39, 0.29) is 11.7 Å². The molecular weight excluding hydrogens is 424 g/mol. The van der Waals surface area contributed by atoms with Crippen LogP contribution in [0.5, 0.6) is 5.75 Å². The maximum atomic E-state index is 12.4. The number of benzene rings is 2. The summed E-state index contributed by atoms with van der Waals surface area (Å²) >= 11 is 6.96. The van der Waals surface area contributed by atoms with Gasteiger partial charge >= 0.3 is 6.61 Å². The lowest BCUT2D eigenvalue weighted by Gasteiger charge is -2.11. The number of halogens is 3. The van der Waals surface area contributed by atoms with Crippen LogP contribution < -0.4 is 15.9 Å². The Labute approximate surface area is 174 Å². The minimum absolute atomic E-state index is 0.0222. The van der Waals surface area contributed by atoms with Crippen molar-refractivity contribution in [1.82, 2.24) is 14.9 Å². The van der Waals surface area contributed by atoms with Crippen molar-refractivity contribution in [2.24, 2.45) is 0 Å². The number of hydrogen-bond acceptors (Lipinski definition) is 6. The number of anilines is 1. The van der Waals surface area contributed by atoms with Crippen LogP contribution in [0.4, 0.5) is 14.5 Å². The number of carbonyl (C=O) groups excluding carboxylic acids is 1. The number of rotatable bonds is 7. The van der Waals surface area contributed by atoms with E-state index < -0.39 is 11.9 Å². The van der Waals surface area contributed by atoms with Crippen molar-refractivity contribution in [3.63, 3.8) is 0 Å². The van der Waals surface area contributed by atoms with Crippen LogP contribution in [0.15, 0.2) is 53.7 Å². The van der Waals surface area contributed by atoms with E-state index in [2.05, 4.69) is 20.3 Å². The zero-order valence-electron chi connectivity index (χ0n) is 15.1. The van der Waals surface area contributed by atoms with E-state index in [9.17, 15) is 13.6 Å². The number of nitrogens with two attached hydrogens (primary N) is 1. The van der Waals surface area contributed by atoms with Crippen LogP contribution in [0.2, 0.25) is 5.02 Å². The summed E-state index contributed by atoms with van der Waals surface area (Å²) in [7, 11) is 0. The molecule has 3 N–H and O–H groups in total. The van der Waals surface area contributed by atoms with Crippen LogP contribution in [0.3, 0.4) is 0 Å². The summed E-state index contributed by atoms with van der Waals surface area (Å²) in [5.41, 5.74) is 1.18. The minimum atomic E-state index is -2.90. The summed E-state index contributed by atoms with van der Waals surface area (Å²) in [6, 6.07) is 12.6. The third kappa shape index (κ3) is 5.36. The maximum absolute atomic E-state index is 12.4. The molecule has 3 rings (SSSR count). The van der Waals surface area contributed by atoms with Gasteiger partial charge in [0.1, 0.15) is 5.75 Å². The second-order valence-electron chi connectivity index (χ2n) is 5.84. The molecular formula is C18H16ClF2N5O2S. The van der Waals surface area contributed by atoms with Crippen LogP contribution in [-0.4, -0.2) is 32.6 Å². The van der Waals surface area contributed by atoms with E-state index in [1.54, 1.807) is 31.2 Å². The first-order chi connectivity index (χ1) is 13.8. The molecule has 7 nitrogen and oxygen atoms in total. The first-order valence-corrected chi connectivity index (χ1v) is 9.58. The van der Waals surface area contributed by atoms with Crippen molar-refractivity contribution in [2.45, 2.75) is 23.9 Å². The molecule has 0 aliphatic carbocycles. The van der Waals surface area contributed by atoms with E-state index in [4.69, 9.17) is 17.4 Å². The van der Waals surface area contributed by atoms with E-state index in [1.807, 2.05) is 0 Å². The molecule has 0 saturated heterocycles. The molecule has 0 unspecified atom stereocenters. The summed E-state index contributed by atoms with van der Waals surface area (Å²) in [5.74, 6) is 6.15. The normalized spacial score (nSPS) is 12.0. The third-order valence-corrected chi connectivity index (χ3v) is 5.07. The Morgan fingerprint density at radius 2 is 1.83 bits per heavy atom. The average Bonchev–Trinajstić information content (AvgIpc) is 3.04. The Morgan fingerprint density at radius 1 is 1.17 bits per heavy atom. The highest BCUT2D eigenvalue weighted by molar-refractivity contribution is 8.00. The molecule has 0 spiro atoms. The van der Waals surface area contributed by atoms with Crippen LogP contribution in [0.25, 0.3) is 11.4 Å². The van der Waals surface area contributed by atoms with E-state index in [1.165, 1.54) is 28.9 Å². The molecule has 152 valence electrons. The molecule has 0 aliphatic rings. The smallest absolute Gasteiger partial charge is 0.387 e. The second kappa shape index (κ2) is 9.10. The number of alkyl halides is 2. The number of nitrogen functional groups attached to an aromatic ring is 1. The molecule has 0 saturated carbocycles. The highest BCUT2D eigenvalue weighted by Crippen LogP contribution is 2.27. The molecule has 1 atom stereocenters. The lowest BCUT2D eigenvalue weighted by Crippen LogP contribution is -2.23. The predicted molar refractivity (Wildman–Crippen MR) is 108 cm³/mol. The number of hydrogen-bond donors (Lipinski definition) is 2. The number of thioether (sulfide) groups is 1. The Balaban J connectivity index is 1.67. The van der Waals surface area contributed by atoms with Crippen molar-refractivity contribution < 1.29 is 18.3 Å². The highest BCUT2D eigenvalue weighted by atomic mass is 35.5. The first-order valence-electron chi connectivity index (χ1n) is 8.32. The molecule has 1 heterocycles. The first kappa shape index (κ1) is 20.9. The van der Waals surface area contributed by atoms with Gasteiger partial charge in [-0.15, -0.1) is 10.2 Å². The number of carbonyl (C=O) groups is 1. The van der Waals surface area contributed by atoms with Crippen molar-refractivity contribution in [1.29, 1.82) is 0 Å². The van der Waals surface area contributed by atoms with E-state index in [0.29, 0.717) is 27.3 Å². The van der Waals surface area contributed by atoms with Gasteiger partial charge in [0.15, 0.2) is 5.82 Å². The molecule has 0 radical (unpaired) electrons. The zero-order chi connectivity index (χ0) is 21.0. The van der Waals surface area contributed by atoms with Gasteiger partial charge in [0.2, 0.25) is 11.1 Å². The molecule has 0 fully saturated rings. The van der Waals surface area contributed by atoms with Crippen molar-refractivity contribution in [3.8, 4) is 17.1 Å². The number of ether oxygens (including phenoxy) is 1. The molecule has 0 aliphatic heterocycles. The van der Waals surface area contributed by atoms with Gasteiger partial charge in [-0.25, -0.2) is 4.68 Å². The summed E-state index contributed by atoms with van der Waals surface area (Å²) in [5, 5.41) is 11.2. The fourth-order valence-corrected chi connectivity index (χ4v) is 3.22. The largest absolute Gasteiger partial charge is 0.435 e. The van der Waals surface area contributed by atoms with Gasteiger partial charge in [-0.3, -0.25) is 4.79 Å². The fourth-order valence-electron chi connectivity index (χ4n) is 2.33. The third-order valence-electron chi connectivity index (χ3n) is 3.77. The van der Waals surface area contributed by atoms with Crippen molar-refractivity contribution in [2.75, 3.05) is 11.2 Å². The standard InChI is InChI=1S/C18H16ClF2N5O2S/c1-10(16(27)23-13-6-4-12(19)5-7-13)29-18-25-24-15(26(18)22)11-2-8-14(9-3-11)28-17(20)21/h2-10,17H,22H2,1H3,(H,23,27)/t10-/m1/s1. The molecule has 0 bridgehead atoms. The molecule has 1 aromatic heterocycles. The van der Waals surface area contributed by atoms with Gasteiger partial charge in [0, 0.05) is 16.3 Å². The minimum Gasteiger partial charge on any atom is -0.435 e. The quantitative estimate of drug-likeness (QED) is 0.426. The summed E-state index contributed by atoms with van der Waals surface area (Å²) < 4.78 is 30.0. The van der Waals surface area contributed by atoms with Crippen LogP contribution in [-0.2, 0) is 4.79 Å². The Morgan fingerprint density at radius 3 is 2.45 bits per heavy atom. The van der Waals surface area contributed by atoms with Crippen LogP contribution in [0, 0.1) is 0 Å². The maximum Gasteiger partial charge on any atom is 0.387 e. The highest BCUT2D eigenvalue weighted by Gasteiger charge is 2.20. The number of nitrogens with zero attached hydrogens (tertiary/aromatic N) is 3. The second-order valence-corrected chi connectivity index (χ2v) is 7.58. The Hall–Kier alpha value is -2.85. The molecule has 1 amide bonds. The summed E-state index contributed by atoms with van der Waals surface area (Å²) in [6.45, 7) is -1.19. The van der Waals surface area contributed by atoms with E-state index in [0.717, 1.165) is 11.8 Å². The average molecular weight is 440 g/mol. The molecule has 29 heavy (non-hydrogen) atoms. The lowest BCUT2D eigenvalue weighted by molar-refractivity contribution is -0.115. The SMILES string of the molecule is C[C@@H](Sc1nnc(-c2ccc(OC(F)F)cc2)n1N)C(=O)Nc1ccc(Cl)cc1. The van der Waals surface area contributed by atoms with Gasteiger partial charge < -0.3 is 15.9 Å². The zero-order valence-corrected chi connectivity index (χ0v) is 16.6. The van der Waals surface area contributed by atoms with Gasteiger partial charge in [-0.05, 0) is 55.5 Å². The number of amides is 1. The monoisotopic (exact) mass is 439 g/mol. The van der Waals surface area contributed by atoms with Gasteiger partial charge in [-0.2, -0.15) is 8.78 Å². The predicted octanol–water partition coefficient (Wildman–Crippen LogP) is 4.03. The van der Waals surface area contributed by atoms with Crippen molar-refractivity contribution >= 4 is 35.0 Å². The molecule has 11 heteroatoms. The lowest BCUT2D eigenvalue weighted by atomic mass is 10.2. The van der Waals surface area contributed by atoms with Crippen LogP contribution in [0.1, 0.15) is 6.92 Å². The number of nitrogens with one attached hydrogen (secondary N) is 1. The Bertz CT molecular complexity index is 983. The molecule has 2 aromatic carbocycles. The van der Waals surface area contributed by atoms with Crippen molar-refractivity contribution in [3.05, 3.63) is 53.6 Å². The van der Waals surface area contributed by atoms with E-state index >= 15 is 0 Å².